The SMILES string of the molecule is CCCCCCNC(=O)C(=O)Nc1ccc(F)cc1F. The number of carbonyl (C=O) groups excluding carboxylic acids is 2. The van der Waals surface area contributed by atoms with E-state index in [-0.39, 0.29) is 5.69 Å². The van der Waals surface area contributed by atoms with Crippen molar-refractivity contribution in [3.63, 3.8) is 0 Å². The number of hydrogen-bond donors (Lipinski definition) is 2. The molecule has 0 aliphatic carbocycles. The van der Waals surface area contributed by atoms with Crippen LogP contribution in [0.3, 0.4) is 0 Å². The van der Waals surface area contributed by atoms with Crippen molar-refractivity contribution in [1.82, 2.24) is 5.32 Å². The molecule has 0 saturated heterocycles. The van der Waals surface area contributed by atoms with Crippen molar-refractivity contribution in [2.75, 3.05) is 11.9 Å². The van der Waals surface area contributed by atoms with E-state index in [9.17, 15) is 18.4 Å². The molecule has 0 unspecified atom stereocenters. The normalized spacial score (nSPS) is 10.2. The molecule has 0 bridgehead atoms. The van der Waals surface area contributed by atoms with E-state index in [2.05, 4.69) is 17.6 Å². The molecule has 110 valence electrons. The first-order chi connectivity index (χ1) is 9.54. The number of anilines is 1. The Kier molecular flexibility index (Phi) is 6.63. The molecule has 1 rings (SSSR count). The van der Waals surface area contributed by atoms with Gasteiger partial charge in [0.1, 0.15) is 11.6 Å². The van der Waals surface area contributed by atoms with Crippen LogP contribution >= 0.6 is 0 Å². The highest BCUT2D eigenvalue weighted by Gasteiger charge is 2.15. The van der Waals surface area contributed by atoms with E-state index in [1.807, 2.05) is 0 Å². The predicted octanol–water partition coefficient (Wildman–Crippen LogP) is 2.60. The van der Waals surface area contributed by atoms with Gasteiger partial charge in [-0.3, -0.25) is 9.59 Å². The fraction of sp³-hybridized carbons (Fsp3) is 0.429. The number of halogens is 2. The lowest BCUT2D eigenvalue weighted by atomic mass is 10.2. The second kappa shape index (κ2) is 8.24. The Morgan fingerprint density at radius 3 is 2.50 bits per heavy atom. The molecule has 2 amide bonds. The van der Waals surface area contributed by atoms with Crippen LogP contribution in [0, 0.1) is 11.6 Å². The van der Waals surface area contributed by atoms with Crippen molar-refractivity contribution in [3.8, 4) is 0 Å². The number of amides is 2. The van der Waals surface area contributed by atoms with Gasteiger partial charge in [-0.1, -0.05) is 26.2 Å². The van der Waals surface area contributed by atoms with Crippen molar-refractivity contribution in [3.05, 3.63) is 29.8 Å². The average Bonchev–Trinajstić information content (AvgIpc) is 2.41. The van der Waals surface area contributed by atoms with Crippen LogP contribution in [-0.4, -0.2) is 18.4 Å². The molecule has 0 radical (unpaired) electrons. The van der Waals surface area contributed by atoms with Gasteiger partial charge in [-0.25, -0.2) is 8.78 Å². The zero-order chi connectivity index (χ0) is 15.0. The molecule has 0 fully saturated rings. The first-order valence-corrected chi connectivity index (χ1v) is 6.58. The first-order valence-electron chi connectivity index (χ1n) is 6.58. The van der Waals surface area contributed by atoms with Gasteiger partial charge >= 0.3 is 11.8 Å². The van der Waals surface area contributed by atoms with E-state index in [0.29, 0.717) is 12.6 Å². The van der Waals surface area contributed by atoms with Crippen LogP contribution in [0.5, 0.6) is 0 Å². The summed E-state index contributed by atoms with van der Waals surface area (Å²) in [5.74, 6) is -3.47. The fourth-order valence-corrected chi connectivity index (χ4v) is 1.60. The highest BCUT2D eigenvalue weighted by Crippen LogP contribution is 2.14. The second-order valence-corrected chi connectivity index (χ2v) is 4.39. The average molecular weight is 284 g/mol. The summed E-state index contributed by atoms with van der Waals surface area (Å²) in [6.07, 6.45) is 3.92. The molecule has 0 spiro atoms. The molecule has 1 aromatic rings. The van der Waals surface area contributed by atoms with E-state index in [1.54, 1.807) is 0 Å². The van der Waals surface area contributed by atoms with Gasteiger partial charge in [0.15, 0.2) is 0 Å². The zero-order valence-electron chi connectivity index (χ0n) is 11.3. The largest absolute Gasteiger partial charge is 0.348 e. The minimum absolute atomic E-state index is 0.225. The summed E-state index contributed by atoms with van der Waals surface area (Å²) in [6.45, 7) is 2.47. The smallest absolute Gasteiger partial charge is 0.313 e. The van der Waals surface area contributed by atoms with Gasteiger partial charge in [0.05, 0.1) is 5.69 Å². The molecule has 2 N–H and O–H groups in total. The number of benzene rings is 1. The van der Waals surface area contributed by atoms with Crippen LogP contribution in [0.1, 0.15) is 32.6 Å². The maximum Gasteiger partial charge on any atom is 0.313 e. The molecule has 0 saturated carbocycles. The maximum absolute atomic E-state index is 13.3. The quantitative estimate of drug-likeness (QED) is 0.623. The summed E-state index contributed by atoms with van der Waals surface area (Å²) in [4.78, 5) is 22.9. The maximum atomic E-state index is 13.3. The van der Waals surface area contributed by atoms with E-state index in [1.165, 1.54) is 0 Å². The van der Waals surface area contributed by atoms with E-state index >= 15 is 0 Å². The fourth-order valence-electron chi connectivity index (χ4n) is 1.60. The summed E-state index contributed by atoms with van der Waals surface area (Å²) in [6, 6.07) is 2.71. The van der Waals surface area contributed by atoms with Crippen molar-refractivity contribution >= 4 is 17.5 Å². The van der Waals surface area contributed by atoms with Gasteiger partial charge < -0.3 is 10.6 Å². The van der Waals surface area contributed by atoms with Gasteiger partial charge in [-0.2, -0.15) is 0 Å². The molecule has 1 aromatic carbocycles. The van der Waals surface area contributed by atoms with Gasteiger partial charge in [0.25, 0.3) is 0 Å². The van der Waals surface area contributed by atoms with Crippen LogP contribution in [0.2, 0.25) is 0 Å². The van der Waals surface area contributed by atoms with Gasteiger partial charge in [-0.05, 0) is 18.6 Å². The number of unbranched alkanes of at least 4 members (excludes halogenated alkanes) is 3. The monoisotopic (exact) mass is 284 g/mol. The van der Waals surface area contributed by atoms with E-state index < -0.39 is 23.4 Å². The Morgan fingerprint density at radius 1 is 1.10 bits per heavy atom. The zero-order valence-corrected chi connectivity index (χ0v) is 11.3. The van der Waals surface area contributed by atoms with Crippen molar-refractivity contribution in [2.45, 2.75) is 32.6 Å². The van der Waals surface area contributed by atoms with Crippen molar-refractivity contribution in [2.24, 2.45) is 0 Å². The Morgan fingerprint density at radius 2 is 1.85 bits per heavy atom. The highest BCUT2D eigenvalue weighted by molar-refractivity contribution is 6.39. The standard InChI is InChI=1S/C14H18F2N2O2/c1-2-3-4-5-8-17-13(19)14(20)18-12-7-6-10(15)9-11(12)16/h6-7,9H,2-5,8H2,1H3,(H,17,19)(H,18,20). The third-order valence-corrected chi connectivity index (χ3v) is 2.70. The molecular formula is C14H18F2N2O2. The lowest BCUT2D eigenvalue weighted by molar-refractivity contribution is -0.136. The molecule has 0 heterocycles. The first kappa shape index (κ1) is 16.1. The number of hydrogen-bond acceptors (Lipinski definition) is 2. The van der Waals surface area contributed by atoms with Crippen LogP contribution in [0.4, 0.5) is 14.5 Å². The van der Waals surface area contributed by atoms with Crippen LogP contribution in [0.15, 0.2) is 18.2 Å². The second-order valence-electron chi connectivity index (χ2n) is 4.39. The van der Waals surface area contributed by atoms with Crippen LogP contribution in [0.25, 0.3) is 0 Å². The van der Waals surface area contributed by atoms with E-state index in [0.717, 1.165) is 37.8 Å². The third-order valence-electron chi connectivity index (χ3n) is 2.70. The molecule has 0 aromatic heterocycles. The molecule has 0 atom stereocenters. The minimum Gasteiger partial charge on any atom is -0.348 e. The topological polar surface area (TPSA) is 58.2 Å². The van der Waals surface area contributed by atoms with Gasteiger partial charge in [0.2, 0.25) is 0 Å². The third kappa shape index (κ3) is 5.34. The minimum atomic E-state index is -0.967. The highest BCUT2D eigenvalue weighted by atomic mass is 19.1. The van der Waals surface area contributed by atoms with Crippen molar-refractivity contribution < 1.29 is 18.4 Å². The Bertz CT molecular complexity index is 478. The van der Waals surface area contributed by atoms with Gasteiger partial charge in [0, 0.05) is 12.6 Å². The molecule has 4 nitrogen and oxygen atoms in total. The van der Waals surface area contributed by atoms with E-state index in [4.69, 9.17) is 0 Å². The summed E-state index contributed by atoms with van der Waals surface area (Å²) >= 11 is 0. The summed E-state index contributed by atoms with van der Waals surface area (Å²) in [7, 11) is 0. The summed E-state index contributed by atoms with van der Waals surface area (Å²) in [5, 5.41) is 4.54. The van der Waals surface area contributed by atoms with Crippen LogP contribution < -0.4 is 10.6 Å². The van der Waals surface area contributed by atoms with Gasteiger partial charge in [-0.15, -0.1) is 0 Å². The Balaban J connectivity index is 2.39. The molecule has 0 aliphatic rings. The molecule has 0 aliphatic heterocycles. The summed E-state index contributed by atoms with van der Waals surface area (Å²) in [5.41, 5.74) is -0.225. The Labute approximate surface area is 116 Å². The number of carbonyl (C=O) groups is 2. The number of rotatable bonds is 6. The summed E-state index contributed by atoms with van der Waals surface area (Å²) < 4.78 is 26.0. The molecule has 20 heavy (non-hydrogen) atoms. The predicted molar refractivity (Wildman–Crippen MR) is 72.1 cm³/mol. The lowest BCUT2D eigenvalue weighted by Crippen LogP contribution is -2.36. The Hall–Kier alpha value is -1.98. The number of nitrogens with one attached hydrogen (secondary N) is 2. The van der Waals surface area contributed by atoms with Crippen molar-refractivity contribution in [1.29, 1.82) is 0 Å². The van der Waals surface area contributed by atoms with Crippen LogP contribution in [-0.2, 0) is 9.59 Å². The molecular weight excluding hydrogens is 266 g/mol. The lowest BCUT2D eigenvalue weighted by Gasteiger charge is -2.07. The molecule has 6 heteroatoms.